The van der Waals surface area contributed by atoms with Crippen LogP contribution in [0.15, 0.2) is 24.3 Å². The number of benzene rings is 1. The molecule has 0 aliphatic carbocycles. The molecule has 0 spiro atoms. The number of carbonyl (C=O) groups is 1. The third-order valence-electron chi connectivity index (χ3n) is 2.89. The lowest BCUT2D eigenvalue weighted by Gasteiger charge is -2.21. The highest BCUT2D eigenvalue weighted by Crippen LogP contribution is 2.19. The Labute approximate surface area is 109 Å². The molecule has 0 radical (unpaired) electrons. The van der Waals surface area contributed by atoms with Gasteiger partial charge in [0.2, 0.25) is 0 Å². The number of para-hydroxylation sites is 1. The maximum Gasteiger partial charge on any atom is 0.257 e. The molecule has 1 rings (SSSR count). The van der Waals surface area contributed by atoms with Gasteiger partial charge < -0.3 is 15.4 Å². The van der Waals surface area contributed by atoms with Crippen molar-refractivity contribution in [2.24, 2.45) is 5.73 Å². The molecule has 4 heteroatoms. The van der Waals surface area contributed by atoms with Gasteiger partial charge in [-0.1, -0.05) is 12.1 Å². The summed E-state index contributed by atoms with van der Waals surface area (Å²) in [6.07, 6.45) is 1.88. The number of unbranched alkanes of at least 4 members (excludes halogenated alkanes) is 1. The molecule has 18 heavy (non-hydrogen) atoms. The summed E-state index contributed by atoms with van der Waals surface area (Å²) >= 11 is 0. The molecule has 0 saturated heterocycles. The molecule has 0 fully saturated rings. The van der Waals surface area contributed by atoms with Gasteiger partial charge in [0.15, 0.2) is 0 Å². The van der Waals surface area contributed by atoms with Gasteiger partial charge in [0.1, 0.15) is 5.75 Å². The third-order valence-corrected chi connectivity index (χ3v) is 2.89. The zero-order chi connectivity index (χ0) is 13.4. The molecule has 2 N–H and O–H groups in total. The van der Waals surface area contributed by atoms with Gasteiger partial charge >= 0.3 is 0 Å². The molecule has 0 aromatic heterocycles. The Morgan fingerprint density at radius 2 is 2.06 bits per heavy atom. The van der Waals surface area contributed by atoms with Gasteiger partial charge in [-0.2, -0.15) is 0 Å². The van der Waals surface area contributed by atoms with Crippen molar-refractivity contribution < 1.29 is 9.53 Å². The summed E-state index contributed by atoms with van der Waals surface area (Å²) in [5.41, 5.74) is 6.09. The SMILES string of the molecule is CCN(CCCCN)C(=O)c1ccccc1OC. The van der Waals surface area contributed by atoms with Crippen molar-refractivity contribution in [1.82, 2.24) is 4.90 Å². The Morgan fingerprint density at radius 3 is 2.67 bits per heavy atom. The highest BCUT2D eigenvalue weighted by atomic mass is 16.5. The van der Waals surface area contributed by atoms with Gasteiger partial charge in [0.05, 0.1) is 12.7 Å². The van der Waals surface area contributed by atoms with Crippen molar-refractivity contribution in [1.29, 1.82) is 0 Å². The van der Waals surface area contributed by atoms with Crippen LogP contribution in [0.5, 0.6) is 5.75 Å². The summed E-state index contributed by atoms with van der Waals surface area (Å²) in [4.78, 5) is 14.2. The predicted octanol–water partition coefficient (Wildman–Crippen LogP) is 1.90. The van der Waals surface area contributed by atoms with Gasteiger partial charge in [-0.05, 0) is 38.4 Å². The summed E-state index contributed by atoms with van der Waals surface area (Å²) in [6, 6.07) is 7.32. The van der Waals surface area contributed by atoms with Crippen LogP contribution in [-0.4, -0.2) is 37.6 Å². The van der Waals surface area contributed by atoms with Crippen LogP contribution in [0.25, 0.3) is 0 Å². The largest absolute Gasteiger partial charge is 0.496 e. The van der Waals surface area contributed by atoms with Crippen molar-refractivity contribution in [3.63, 3.8) is 0 Å². The van der Waals surface area contributed by atoms with Crippen LogP contribution in [0.4, 0.5) is 0 Å². The number of hydrogen-bond donors (Lipinski definition) is 1. The van der Waals surface area contributed by atoms with Gasteiger partial charge in [-0.3, -0.25) is 4.79 Å². The Balaban J connectivity index is 2.76. The van der Waals surface area contributed by atoms with Gasteiger partial charge in [-0.25, -0.2) is 0 Å². The Hall–Kier alpha value is -1.55. The average molecular weight is 250 g/mol. The van der Waals surface area contributed by atoms with Crippen LogP contribution in [0, 0.1) is 0 Å². The number of hydrogen-bond acceptors (Lipinski definition) is 3. The van der Waals surface area contributed by atoms with E-state index in [2.05, 4.69) is 0 Å². The summed E-state index contributed by atoms with van der Waals surface area (Å²) in [7, 11) is 1.58. The fraction of sp³-hybridized carbons (Fsp3) is 0.500. The monoisotopic (exact) mass is 250 g/mol. The van der Waals surface area contributed by atoms with Crippen molar-refractivity contribution >= 4 is 5.91 Å². The maximum atomic E-state index is 12.4. The lowest BCUT2D eigenvalue weighted by molar-refractivity contribution is 0.0758. The van der Waals surface area contributed by atoms with E-state index in [0.29, 0.717) is 24.4 Å². The molecule has 0 aliphatic rings. The quantitative estimate of drug-likeness (QED) is 0.752. The molecule has 100 valence electrons. The first kappa shape index (κ1) is 14.5. The van der Waals surface area contributed by atoms with Gasteiger partial charge in [0.25, 0.3) is 5.91 Å². The number of amides is 1. The van der Waals surface area contributed by atoms with Crippen LogP contribution >= 0.6 is 0 Å². The molecule has 0 saturated carbocycles. The molecule has 1 aromatic rings. The molecule has 0 unspecified atom stereocenters. The summed E-state index contributed by atoms with van der Waals surface area (Å²) in [6.45, 7) is 4.09. The molecular weight excluding hydrogens is 228 g/mol. The highest BCUT2D eigenvalue weighted by Gasteiger charge is 2.17. The van der Waals surface area contributed by atoms with Crippen molar-refractivity contribution in [3.8, 4) is 5.75 Å². The first-order chi connectivity index (χ1) is 8.74. The van der Waals surface area contributed by atoms with Gasteiger partial charge in [0, 0.05) is 13.1 Å². The fourth-order valence-corrected chi connectivity index (χ4v) is 1.84. The second-order valence-electron chi connectivity index (χ2n) is 4.08. The van der Waals surface area contributed by atoms with E-state index in [4.69, 9.17) is 10.5 Å². The molecule has 4 nitrogen and oxygen atoms in total. The molecule has 1 amide bonds. The number of carbonyl (C=O) groups excluding carboxylic acids is 1. The lowest BCUT2D eigenvalue weighted by Crippen LogP contribution is -2.32. The normalized spacial score (nSPS) is 10.2. The molecule has 0 bridgehead atoms. The van der Waals surface area contributed by atoms with E-state index in [0.717, 1.165) is 19.4 Å². The molecule has 0 atom stereocenters. The van der Waals surface area contributed by atoms with E-state index in [1.54, 1.807) is 19.2 Å². The average Bonchev–Trinajstić information content (AvgIpc) is 2.43. The standard InChI is InChI=1S/C14H22N2O2/c1-3-16(11-7-6-10-15)14(17)12-8-4-5-9-13(12)18-2/h4-5,8-9H,3,6-7,10-11,15H2,1-2H3. The molecular formula is C14H22N2O2. The number of nitrogens with zero attached hydrogens (tertiary/aromatic N) is 1. The van der Waals surface area contributed by atoms with Gasteiger partial charge in [-0.15, -0.1) is 0 Å². The zero-order valence-corrected chi connectivity index (χ0v) is 11.2. The second-order valence-corrected chi connectivity index (χ2v) is 4.08. The van der Waals surface area contributed by atoms with E-state index in [-0.39, 0.29) is 5.91 Å². The minimum Gasteiger partial charge on any atom is -0.496 e. The Bertz CT molecular complexity index is 380. The maximum absolute atomic E-state index is 12.4. The van der Waals surface area contributed by atoms with E-state index in [1.165, 1.54) is 0 Å². The van der Waals surface area contributed by atoms with Crippen LogP contribution in [0.2, 0.25) is 0 Å². The van der Waals surface area contributed by atoms with E-state index in [9.17, 15) is 4.79 Å². The third kappa shape index (κ3) is 3.74. The number of nitrogens with two attached hydrogens (primary N) is 1. The van der Waals surface area contributed by atoms with Crippen LogP contribution < -0.4 is 10.5 Å². The first-order valence-corrected chi connectivity index (χ1v) is 6.37. The highest BCUT2D eigenvalue weighted by molar-refractivity contribution is 5.96. The summed E-state index contributed by atoms with van der Waals surface area (Å²) in [5.74, 6) is 0.645. The number of methoxy groups -OCH3 is 1. The van der Waals surface area contributed by atoms with Crippen molar-refractivity contribution in [3.05, 3.63) is 29.8 Å². The van der Waals surface area contributed by atoms with Crippen LogP contribution in [-0.2, 0) is 0 Å². The minimum atomic E-state index is 0.0203. The smallest absolute Gasteiger partial charge is 0.257 e. The van der Waals surface area contributed by atoms with E-state index < -0.39 is 0 Å². The second kappa shape index (κ2) is 7.71. The lowest BCUT2D eigenvalue weighted by atomic mass is 10.1. The summed E-state index contributed by atoms with van der Waals surface area (Å²) < 4.78 is 5.22. The number of ether oxygens (including phenoxy) is 1. The van der Waals surface area contributed by atoms with Crippen LogP contribution in [0.1, 0.15) is 30.1 Å². The zero-order valence-electron chi connectivity index (χ0n) is 11.2. The minimum absolute atomic E-state index is 0.0203. The Kier molecular flexibility index (Phi) is 6.22. The Morgan fingerprint density at radius 1 is 1.33 bits per heavy atom. The molecule has 0 aliphatic heterocycles. The fourth-order valence-electron chi connectivity index (χ4n) is 1.84. The molecule has 1 aromatic carbocycles. The topological polar surface area (TPSA) is 55.6 Å². The van der Waals surface area contributed by atoms with E-state index >= 15 is 0 Å². The van der Waals surface area contributed by atoms with Crippen molar-refractivity contribution in [2.75, 3.05) is 26.7 Å². The molecule has 0 heterocycles. The summed E-state index contributed by atoms with van der Waals surface area (Å²) in [5, 5.41) is 0. The van der Waals surface area contributed by atoms with E-state index in [1.807, 2.05) is 24.0 Å². The first-order valence-electron chi connectivity index (χ1n) is 6.37. The van der Waals surface area contributed by atoms with Crippen LogP contribution in [0.3, 0.4) is 0 Å². The van der Waals surface area contributed by atoms with Crippen molar-refractivity contribution in [2.45, 2.75) is 19.8 Å². The number of rotatable bonds is 7. The predicted molar refractivity (Wildman–Crippen MR) is 72.9 cm³/mol.